The second-order valence-electron chi connectivity index (χ2n) is 25.4. The third-order valence-corrected chi connectivity index (χ3v) is 15.7. The lowest BCUT2D eigenvalue weighted by atomic mass is 10.0. The van der Waals surface area contributed by atoms with E-state index in [-0.39, 0.29) is 42.9 Å². The standard InChI is InChI=1S/C63H95N13O24S/c1-29(2)20-37(68-51(87)33(8)66-55(91)40(24-46(77)78)69-52(88)32(7)65-53(89)35-16-13-18-64-35)56(92)73-44(28-50(85)86)62(98)75-43(27-49(83)84)61(97)71-39(23-34-14-11-10-12-15-34)58(94)74-42(26-48(81)82)60(96)70-38(21-30(3)4)57(93)72-41(25-47(79)80)59(95)67-36(17-19-101-9)54(90)76-45(63(99)100)22-31(5)6/h10-12,14-15,29-33,35-45,64H,13,16-28H2,1-9H3,(H,65,89)(H,66,91)(H,67,95)(H,68,87)(H,69,88)(H,70,96)(H,71,97)(H,72,93)(H,73,92)(H,74,94)(H,75,98)(H,76,90)(H,77,78)(H,79,80)(H,81,82)(H,83,84)(H,85,86)(H,99,100)/t32-,33-,35-,36-,37-,38-,39-,40-,41-,42-,43-,44-,45-/m0/s1. The van der Waals surface area contributed by atoms with Crippen molar-refractivity contribution in [3.05, 3.63) is 35.9 Å². The molecule has 1 aromatic rings. The molecule has 0 radical (unpaired) electrons. The number of carboxylic acids is 6. The highest BCUT2D eigenvalue weighted by Gasteiger charge is 2.39. The number of aliphatic carboxylic acids is 6. The molecule has 19 N–H and O–H groups in total. The van der Waals surface area contributed by atoms with Gasteiger partial charge in [-0.15, -0.1) is 0 Å². The number of carbonyl (C=O) groups excluding carboxylic acids is 12. The molecule has 0 aliphatic carbocycles. The van der Waals surface area contributed by atoms with Gasteiger partial charge in [0.05, 0.1) is 38.1 Å². The molecule has 1 aromatic carbocycles. The summed E-state index contributed by atoms with van der Waals surface area (Å²) >= 11 is 1.26. The topological polar surface area (TPSA) is 585 Å². The van der Waals surface area contributed by atoms with Crippen molar-refractivity contribution in [3.63, 3.8) is 0 Å². The highest BCUT2D eigenvalue weighted by molar-refractivity contribution is 7.98. The van der Waals surface area contributed by atoms with Gasteiger partial charge >= 0.3 is 35.8 Å². The molecule has 0 bridgehead atoms. The molecule has 562 valence electrons. The first-order chi connectivity index (χ1) is 47.2. The number of thioether (sulfide) groups is 1. The van der Waals surface area contributed by atoms with Crippen LogP contribution in [0.3, 0.4) is 0 Å². The van der Waals surface area contributed by atoms with E-state index in [4.69, 9.17) is 0 Å². The van der Waals surface area contributed by atoms with Crippen molar-refractivity contribution < 1.29 is 117 Å². The van der Waals surface area contributed by atoms with E-state index < -0.39 is 236 Å². The van der Waals surface area contributed by atoms with Gasteiger partial charge in [-0.05, 0) is 94.2 Å². The zero-order chi connectivity index (χ0) is 76.5. The van der Waals surface area contributed by atoms with Crippen LogP contribution in [0.25, 0.3) is 0 Å². The first kappa shape index (κ1) is 87.1. The molecule has 12 amide bonds. The molecule has 37 nitrogen and oxygen atoms in total. The zero-order valence-corrected chi connectivity index (χ0v) is 58.3. The fourth-order valence-corrected chi connectivity index (χ4v) is 10.5. The maximum atomic E-state index is 14.4. The minimum absolute atomic E-state index is 0.0121. The highest BCUT2D eigenvalue weighted by Crippen LogP contribution is 2.14. The Labute approximate surface area is 585 Å². The molecule has 38 heteroatoms. The number of carboxylic acid groups (broad SMARTS) is 6. The average Bonchev–Trinajstić information content (AvgIpc) is 1.42. The van der Waals surface area contributed by atoms with Gasteiger partial charge in [-0.3, -0.25) is 81.5 Å². The fraction of sp³-hybridized carbons (Fsp3) is 0.619. The zero-order valence-electron chi connectivity index (χ0n) is 57.5. The Morgan fingerprint density at radius 1 is 0.386 bits per heavy atom. The molecule has 0 saturated carbocycles. The summed E-state index contributed by atoms with van der Waals surface area (Å²) in [4.78, 5) is 238. The SMILES string of the molecule is CSCC[C@H](NC(=O)[C@H](CC(=O)O)NC(=O)[C@H](CC(C)C)NC(=O)[C@H](CC(=O)O)NC(=O)[C@H](Cc1ccccc1)NC(=O)[C@H](CC(=O)O)NC(=O)[C@H](CC(=O)O)NC(=O)[C@H](CC(C)C)NC(=O)[C@H](C)NC(=O)[C@H](CC(=O)O)NC(=O)[C@H](C)NC(=O)[C@@H]1CCCN1)C(=O)N[C@@H](CC(C)C)C(=O)O. The van der Waals surface area contributed by atoms with E-state index in [0.717, 1.165) is 6.92 Å². The van der Waals surface area contributed by atoms with Crippen LogP contribution in [-0.2, 0) is 92.7 Å². The van der Waals surface area contributed by atoms with Crippen LogP contribution in [-0.4, -0.2) is 234 Å². The number of nitrogens with one attached hydrogen (secondary N) is 13. The van der Waals surface area contributed by atoms with E-state index in [2.05, 4.69) is 63.8 Å². The molecule has 1 heterocycles. The van der Waals surface area contributed by atoms with Crippen molar-refractivity contribution in [2.24, 2.45) is 17.8 Å². The summed E-state index contributed by atoms with van der Waals surface area (Å²) < 4.78 is 0. The molecule has 1 aliphatic heterocycles. The van der Waals surface area contributed by atoms with Crippen molar-refractivity contribution in [1.82, 2.24) is 69.1 Å². The maximum Gasteiger partial charge on any atom is 0.326 e. The van der Waals surface area contributed by atoms with Gasteiger partial charge in [0.25, 0.3) is 0 Å². The van der Waals surface area contributed by atoms with E-state index in [1.807, 2.05) is 5.32 Å². The van der Waals surface area contributed by atoms with Crippen molar-refractivity contribution in [2.45, 2.75) is 211 Å². The number of hydrogen-bond donors (Lipinski definition) is 19. The van der Waals surface area contributed by atoms with Crippen LogP contribution in [0.4, 0.5) is 0 Å². The molecule has 0 aromatic heterocycles. The molecule has 0 spiro atoms. The van der Waals surface area contributed by atoms with Gasteiger partial charge in [0.15, 0.2) is 0 Å². The largest absolute Gasteiger partial charge is 0.481 e. The van der Waals surface area contributed by atoms with Crippen LogP contribution in [0.15, 0.2) is 30.3 Å². The third kappa shape index (κ3) is 33.1. The molecule has 101 heavy (non-hydrogen) atoms. The summed E-state index contributed by atoms with van der Waals surface area (Å²) in [5.74, 6) is -24.5. The second kappa shape index (κ2) is 43.5. The molecule has 2 rings (SSSR count). The van der Waals surface area contributed by atoms with Gasteiger partial charge in [-0.1, -0.05) is 71.9 Å². The summed E-state index contributed by atoms with van der Waals surface area (Å²) in [6.45, 7) is 12.8. The first-order valence-corrected chi connectivity index (χ1v) is 33.8. The molecule has 1 saturated heterocycles. The Balaban J connectivity index is 2.46. The van der Waals surface area contributed by atoms with E-state index in [9.17, 15) is 117 Å². The number of hydrogen-bond acceptors (Lipinski definition) is 20. The summed E-state index contributed by atoms with van der Waals surface area (Å²) in [6, 6.07) is -14.2. The Bertz CT molecular complexity index is 3130. The Morgan fingerprint density at radius 3 is 1.04 bits per heavy atom. The van der Waals surface area contributed by atoms with E-state index in [0.29, 0.717) is 19.4 Å². The molecular formula is C63H95N13O24S. The van der Waals surface area contributed by atoms with Crippen LogP contribution >= 0.6 is 11.8 Å². The van der Waals surface area contributed by atoms with Gasteiger partial charge < -0.3 is 99.8 Å². The Hall–Kier alpha value is -10.0. The molecule has 1 aliphatic rings. The van der Waals surface area contributed by atoms with E-state index in [1.54, 1.807) is 53.9 Å². The Kier molecular flexibility index (Phi) is 37.5. The summed E-state index contributed by atoms with van der Waals surface area (Å²) in [5.41, 5.74) is 0.284. The van der Waals surface area contributed by atoms with Gasteiger partial charge in [-0.25, -0.2) is 4.79 Å². The fourth-order valence-electron chi connectivity index (χ4n) is 10.0. The minimum Gasteiger partial charge on any atom is -0.481 e. The number of amides is 12. The molecule has 0 unspecified atom stereocenters. The predicted octanol–water partition coefficient (Wildman–Crippen LogP) is -3.81. The molecular weight excluding hydrogens is 1350 g/mol. The van der Waals surface area contributed by atoms with Crippen LogP contribution in [0.5, 0.6) is 0 Å². The number of rotatable bonds is 46. The van der Waals surface area contributed by atoms with E-state index in [1.165, 1.54) is 43.0 Å². The lowest BCUT2D eigenvalue weighted by molar-refractivity contribution is -0.144. The normalized spacial score (nSPS) is 16.1. The summed E-state index contributed by atoms with van der Waals surface area (Å²) in [5, 5.41) is 89.1. The van der Waals surface area contributed by atoms with Crippen molar-refractivity contribution >= 4 is 118 Å². The lowest BCUT2D eigenvalue weighted by Gasteiger charge is -2.28. The molecule has 1 fully saturated rings. The predicted molar refractivity (Wildman–Crippen MR) is 356 cm³/mol. The maximum absolute atomic E-state index is 14.4. The number of benzene rings is 1. The van der Waals surface area contributed by atoms with Crippen LogP contribution in [0.2, 0.25) is 0 Å². The van der Waals surface area contributed by atoms with Crippen molar-refractivity contribution in [2.75, 3.05) is 18.6 Å². The van der Waals surface area contributed by atoms with Gasteiger partial charge in [0.1, 0.15) is 72.5 Å². The van der Waals surface area contributed by atoms with E-state index >= 15 is 0 Å². The van der Waals surface area contributed by atoms with Crippen LogP contribution in [0, 0.1) is 17.8 Å². The first-order valence-electron chi connectivity index (χ1n) is 32.4. The summed E-state index contributed by atoms with van der Waals surface area (Å²) in [6.07, 6.45) is -4.01. The Morgan fingerprint density at radius 2 is 0.683 bits per heavy atom. The lowest BCUT2D eigenvalue weighted by Crippen LogP contribution is -2.61. The van der Waals surface area contributed by atoms with Crippen molar-refractivity contribution in [1.29, 1.82) is 0 Å². The smallest absolute Gasteiger partial charge is 0.326 e. The second-order valence-corrected chi connectivity index (χ2v) is 26.4. The highest BCUT2D eigenvalue weighted by atomic mass is 32.2. The average molecular weight is 1450 g/mol. The number of carbonyl (C=O) groups is 18. The van der Waals surface area contributed by atoms with Crippen LogP contribution < -0.4 is 69.1 Å². The van der Waals surface area contributed by atoms with Gasteiger partial charge in [0, 0.05) is 6.42 Å². The quantitative estimate of drug-likeness (QED) is 0.0298. The monoisotopic (exact) mass is 1450 g/mol. The van der Waals surface area contributed by atoms with Crippen molar-refractivity contribution in [3.8, 4) is 0 Å². The van der Waals surface area contributed by atoms with Gasteiger partial charge in [-0.2, -0.15) is 11.8 Å². The summed E-state index contributed by atoms with van der Waals surface area (Å²) in [7, 11) is 0. The molecule has 13 atom stereocenters. The van der Waals surface area contributed by atoms with Crippen LogP contribution in [0.1, 0.15) is 132 Å². The van der Waals surface area contributed by atoms with Gasteiger partial charge in [0.2, 0.25) is 70.9 Å². The minimum atomic E-state index is -2.22. The third-order valence-electron chi connectivity index (χ3n) is 15.1.